The van der Waals surface area contributed by atoms with Gasteiger partial charge in [-0.05, 0) is 36.1 Å². The first-order valence-electron chi connectivity index (χ1n) is 8.39. The minimum Gasteiger partial charge on any atom is -0.478 e. The van der Waals surface area contributed by atoms with Crippen molar-refractivity contribution in [1.29, 1.82) is 0 Å². The van der Waals surface area contributed by atoms with Crippen LogP contribution in [0.15, 0.2) is 41.5 Å². The second-order valence-electron chi connectivity index (χ2n) is 5.72. The van der Waals surface area contributed by atoms with Crippen molar-refractivity contribution in [3.63, 3.8) is 0 Å². The number of aryl methyl sites for hydroxylation is 1. The van der Waals surface area contributed by atoms with Gasteiger partial charge in [0.15, 0.2) is 5.96 Å². The highest BCUT2D eigenvalue weighted by molar-refractivity contribution is 5.79. The highest BCUT2D eigenvalue weighted by Gasteiger charge is 2.03. The maximum Gasteiger partial charge on any atom is 0.213 e. The van der Waals surface area contributed by atoms with Gasteiger partial charge < -0.3 is 15.4 Å². The van der Waals surface area contributed by atoms with Crippen molar-refractivity contribution in [2.24, 2.45) is 4.99 Å². The number of rotatable bonds is 7. The Kier molecular flexibility index (Phi) is 7.19. The molecule has 2 rings (SSSR count). The molecule has 0 bridgehead atoms. The van der Waals surface area contributed by atoms with Crippen LogP contribution in [0.25, 0.3) is 0 Å². The molecule has 0 aliphatic rings. The van der Waals surface area contributed by atoms with Crippen LogP contribution >= 0.6 is 0 Å². The maximum absolute atomic E-state index is 13.6. The van der Waals surface area contributed by atoms with E-state index in [1.807, 2.05) is 18.2 Å². The number of hydrogen-bond donors (Lipinski definition) is 2. The van der Waals surface area contributed by atoms with E-state index in [1.165, 1.54) is 6.07 Å². The number of ether oxygens (including phenoxy) is 1. The van der Waals surface area contributed by atoms with Crippen LogP contribution in [0, 0.1) is 12.7 Å². The van der Waals surface area contributed by atoms with Gasteiger partial charge in [0.25, 0.3) is 0 Å². The molecule has 0 aliphatic heterocycles. The van der Waals surface area contributed by atoms with Crippen molar-refractivity contribution in [2.75, 3.05) is 13.7 Å². The number of benzene rings is 1. The van der Waals surface area contributed by atoms with Crippen molar-refractivity contribution < 1.29 is 9.13 Å². The van der Waals surface area contributed by atoms with Gasteiger partial charge >= 0.3 is 0 Å². The zero-order valence-corrected chi connectivity index (χ0v) is 15.0. The molecule has 2 aromatic rings. The number of nitrogens with one attached hydrogen (secondary N) is 2. The molecule has 0 spiro atoms. The zero-order valence-electron chi connectivity index (χ0n) is 15.0. The minimum atomic E-state index is -0.196. The zero-order chi connectivity index (χ0) is 18.1. The van der Waals surface area contributed by atoms with E-state index >= 15 is 0 Å². The quantitative estimate of drug-likeness (QED) is 0.598. The predicted octanol–water partition coefficient (Wildman–Crippen LogP) is 3.18. The smallest absolute Gasteiger partial charge is 0.213 e. The monoisotopic (exact) mass is 344 g/mol. The number of nitrogens with zero attached hydrogens (tertiary/aromatic N) is 2. The van der Waals surface area contributed by atoms with Gasteiger partial charge in [-0.3, -0.25) is 4.99 Å². The van der Waals surface area contributed by atoms with E-state index in [0.717, 1.165) is 17.5 Å². The van der Waals surface area contributed by atoms with Crippen LogP contribution in [0.3, 0.4) is 0 Å². The van der Waals surface area contributed by atoms with Crippen LogP contribution in [0.1, 0.15) is 30.0 Å². The summed E-state index contributed by atoms with van der Waals surface area (Å²) in [5.74, 6) is 1.08. The molecule has 0 saturated heterocycles. The number of aromatic nitrogens is 1. The lowest BCUT2D eigenvalue weighted by atomic mass is 10.1. The predicted molar refractivity (Wildman–Crippen MR) is 98.2 cm³/mol. The molecule has 0 radical (unpaired) electrons. The summed E-state index contributed by atoms with van der Waals surface area (Å²) in [6, 6.07) is 9.04. The number of hydrogen-bond acceptors (Lipinski definition) is 3. The molecule has 0 fully saturated rings. The van der Waals surface area contributed by atoms with Gasteiger partial charge in [-0.25, -0.2) is 9.37 Å². The van der Waals surface area contributed by atoms with Crippen LogP contribution < -0.4 is 15.4 Å². The molecule has 0 saturated carbocycles. The lowest BCUT2D eigenvalue weighted by molar-refractivity contribution is 0.305. The van der Waals surface area contributed by atoms with Crippen LogP contribution in [0.5, 0.6) is 5.88 Å². The normalized spacial score (nSPS) is 11.3. The average Bonchev–Trinajstić information content (AvgIpc) is 2.64. The lowest BCUT2D eigenvalue weighted by Gasteiger charge is -2.12. The Morgan fingerprint density at radius 1 is 1.16 bits per heavy atom. The molecular weight excluding hydrogens is 319 g/mol. The summed E-state index contributed by atoms with van der Waals surface area (Å²) in [5.41, 5.74) is 2.53. The van der Waals surface area contributed by atoms with Crippen molar-refractivity contribution >= 4 is 5.96 Å². The fourth-order valence-corrected chi connectivity index (χ4v) is 2.15. The molecule has 134 valence electrons. The Bertz CT molecular complexity index is 701. The largest absolute Gasteiger partial charge is 0.478 e. The third-order valence-corrected chi connectivity index (χ3v) is 3.63. The van der Waals surface area contributed by atoms with E-state index in [-0.39, 0.29) is 5.82 Å². The average molecular weight is 344 g/mol. The van der Waals surface area contributed by atoms with E-state index in [9.17, 15) is 4.39 Å². The molecular formula is C19H25FN4O. The van der Waals surface area contributed by atoms with Gasteiger partial charge in [0.1, 0.15) is 5.82 Å². The van der Waals surface area contributed by atoms with Crippen LogP contribution in [0.2, 0.25) is 0 Å². The van der Waals surface area contributed by atoms with E-state index in [1.54, 1.807) is 26.2 Å². The van der Waals surface area contributed by atoms with Gasteiger partial charge in [-0.2, -0.15) is 0 Å². The van der Waals surface area contributed by atoms with Gasteiger partial charge in [0, 0.05) is 32.4 Å². The van der Waals surface area contributed by atoms with E-state index in [0.29, 0.717) is 37.1 Å². The highest BCUT2D eigenvalue weighted by Crippen LogP contribution is 2.09. The summed E-state index contributed by atoms with van der Waals surface area (Å²) in [6.45, 7) is 5.56. The van der Waals surface area contributed by atoms with Crippen molar-refractivity contribution in [1.82, 2.24) is 15.6 Å². The summed E-state index contributed by atoms with van der Waals surface area (Å²) in [4.78, 5) is 8.44. The second-order valence-corrected chi connectivity index (χ2v) is 5.72. The number of aliphatic imine (C=N–C) groups is 1. The van der Waals surface area contributed by atoms with Crippen LogP contribution in [-0.2, 0) is 13.1 Å². The topological polar surface area (TPSA) is 58.5 Å². The molecule has 1 aromatic carbocycles. The Morgan fingerprint density at radius 3 is 2.48 bits per heavy atom. The van der Waals surface area contributed by atoms with Gasteiger partial charge in [-0.1, -0.05) is 25.1 Å². The third-order valence-electron chi connectivity index (χ3n) is 3.63. The van der Waals surface area contributed by atoms with Gasteiger partial charge in [0.05, 0.1) is 6.61 Å². The molecule has 0 aliphatic carbocycles. The first-order valence-corrected chi connectivity index (χ1v) is 8.39. The number of halogens is 1. The Labute approximate surface area is 148 Å². The van der Waals surface area contributed by atoms with Crippen molar-refractivity contribution in [3.8, 4) is 5.88 Å². The third kappa shape index (κ3) is 6.06. The standard InChI is InChI=1S/C19H25FN4O/c1-4-9-25-18-8-7-16(12-22-18)13-24-19(21-3)23-11-15-6-5-14(2)17(20)10-15/h5-8,10,12H,4,9,11,13H2,1-3H3,(H2,21,23,24). The van der Waals surface area contributed by atoms with Crippen LogP contribution in [0.4, 0.5) is 4.39 Å². The molecule has 0 unspecified atom stereocenters. The van der Waals surface area contributed by atoms with E-state index < -0.39 is 0 Å². The van der Waals surface area contributed by atoms with Crippen molar-refractivity contribution in [2.45, 2.75) is 33.4 Å². The molecule has 0 amide bonds. The van der Waals surface area contributed by atoms with E-state index in [2.05, 4.69) is 27.5 Å². The Morgan fingerprint density at radius 2 is 1.88 bits per heavy atom. The van der Waals surface area contributed by atoms with Gasteiger partial charge in [0.2, 0.25) is 5.88 Å². The van der Waals surface area contributed by atoms with Gasteiger partial charge in [-0.15, -0.1) is 0 Å². The molecule has 1 heterocycles. The first kappa shape index (κ1) is 18.7. The number of guanidine groups is 1. The Hall–Kier alpha value is -2.63. The van der Waals surface area contributed by atoms with E-state index in [4.69, 9.17) is 4.74 Å². The first-order chi connectivity index (χ1) is 12.1. The summed E-state index contributed by atoms with van der Waals surface area (Å²) in [6.07, 6.45) is 2.73. The van der Waals surface area contributed by atoms with Crippen molar-refractivity contribution in [3.05, 3.63) is 59.0 Å². The lowest BCUT2D eigenvalue weighted by Crippen LogP contribution is -2.36. The number of pyridine rings is 1. The molecule has 0 atom stereocenters. The fourth-order valence-electron chi connectivity index (χ4n) is 2.15. The summed E-state index contributed by atoms with van der Waals surface area (Å²) < 4.78 is 19.0. The highest BCUT2D eigenvalue weighted by atomic mass is 19.1. The maximum atomic E-state index is 13.6. The second kappa shape index (κ2) is 9.61. The summed E-state index contributed by atoms with van der Waals surface area (Å²) >= 11 is 0. The molecule has 6 heteroatoms. The molecule has 1 aromatic heterocycles. The molecule has 5 nitrogen and oxygen atoms in total. The SMILES string of the molecule is CCCOc1ccc(CNC(=NC)NCc2ccc(C)c(F)c2)cn1. The van der Waals surface area contributed by atoms with Crippen LogP contribution in [-0.4, -0.2) is 24.6 Å². The summed E-state index contributed by atoms with van der Waals surface area (Å²) in [7, 11) is 1.70. The molecule has 2 N–H and O–H groups in total. The minimum absolute atomic E-state index is 0.196. The fraction of sp³-hybridized carbons (Fsp3) is 0.368. The molecule has 25 heavy (non-hydrogen) atoms. The Balaban J connectivity index is 1.82. The summed E-state index contributed by atoms with van der Waals surface area (Å²) in [5, 5.41) is 6.38.